The Kier molecular flexibility index (Phi) is 5.37. The van der Waals surface area contributed by atoms with Crippen LogP contribution in [0.25, 0.3) is 20.8 Å². The lowest BCUT2D eigenvalue weighted by Crippen LogP contribution is -2.33. The number of nitrogens with zero attached hydrogens (tertiary/aromatic N) is 4. The van der Waals surface area contributed by atoms with Crippen LogP contribution in [0.2, 0.25) is 0 Å². The number of anilines is 2. The maximum Gasteiger partial charge on any atom is 0.225 e. The van der Waals surface area contributed by atoms with Gasteiger partial charge in [0.05, 0.1) is 40.7 Å². The van der Waals surface area contributed by atoms with E-state index >= 15 is 0 Å². The molecule has 8 heteroatoms. The number of rotatable bonds is 6. The van der Waals surface area contributed by atoms with Gasteiger partial charge in [0.15, 0.2) is 0 Å². The van der Waals surface area contributed by atoms with Gasteiger partial charge < -0.3 is 15.3 Å². The molecule has 2 N–H and O–H groups in total. The van der Waals surface area contributed by atoms with Crippen molar-refractivity contribution >= 4 is 44.7 Å². The lowest BCUT2D eigenvalue weighted by atomic mass is 10.2. The molecule has 1 atom stereocenters. The number of aryl methyl sites for hydroxylation is 1. The predicted molar refractivity (Wildman–Crippen MR) is 124 cm³/mol. The van der Waals surface area contributed by atoms with Gasteiger partial charge in [0.1, 0.15) is 10.8 Å². The number of hydrogen-bond donors (Lipinski definition) is 2. The Balaban J connectivity index is 1.59. The Labute approximate surface area is 183 Å². The van der Waals surface area contributed by atoms with Crippen LogP contribution in [0.3, 0.4) is 0 Å². The number of aliphatic hydroxyl groups excluding tert-OH is 1. The number of thiazole rings is 1. The average molecular weight is 438 g/mol. The molecule has 4 aromatic rings. The number of benzene rings is 1. The van der Waals surface area contributed by atoms with Crippen molar-refractivity contribution < 1.29 is 5.11 Å². The van der Waals surface area contributed by atoms with E-state index in [1.807, 2.05) is 31.2 Å². The highest BCUT2D eigenvalue weighted by Gasteiger charge is 2.30. The topological polar surface area (TPSA) is 74.2 Å². The molecule has 6 nitrogen and oxygen atoms in total. The van der Waals surface area contributed by atoms with E-state index in [0.29, 0.717) is 12.5 Å². The summed E-state index contributed by atoms with van der Waals surface area (Å²) in [6, 6.07) is 12.4. The van der Waals surface area contributed by atoms with Gasteiger partial charge >= 0.3 is 0 Å². The molecule has 1 unspecified atom stereocenters. The molecule has 0 aliphatic carbocycles. The fourth-order valence-corrected chi connectivity index (χ4v) is 5.66. The first-order valence-electron chi connectivity index (χ1n) is 10.1. The maximum absolute atomic E-state index is 9.93. The van der Waals surface area contributed by atoms with Gasteiger partial charge in [-0.3, -0.25) is 0 Å². The number of nitrogens with one attached hydrogen (secondary N) is 1. The summed E-state index contributed by atoms with van der Waals surface area (Å²) in [6.07, 6.45) is 2.02. The van der Waals surface area contributed by atoms with Crippen LogP contribution in [-0.2, 0) is 6.54 Å². The van der Waals surface area contributed by atoms with Gasteiger partial charge in [0, 0.05) is 11.4 Å². The Hall–Kier alpha value is -2.55. The highest BCUT2D eigenvalue weighted by molar-refractivity contribution is 7.21. The third-order valence-electron chi connectivity index (χ3n) is 5.44. The summed E-state index contributed by atoms with van der Waals surface area (Å²) in [4.78, 5) is 18.0. The number of hydrogen-bond acceptors (Lipinski definition) is 8. The van der Waals surface area contributed by atoms with E-state index in [0.717, 1.165) is 51.7 Å². The van der Waals surface area contributed by atoms with Gasteiger partial charge in [-0.1, -0.05) is 18.2 Å². The van der Waals surface area contributed by atoms with Crippen molar-refractivity contribution in [2.75, 3.05) is 23.4 Å². The summed E-state index contributed by atoms with van der Waals surface area (Å²) in [5.41, 5.74) is 2.86. The summed E-state index contributed by atoms with van der Waals surface area (Å²) < 4.78 is 1.15. The first kappa shape index (κ1) is 19.4. The van der Waals surface area contributed by atoms with Crippen molar-refractivity contribution in [3.8, 4) is 10.6 Å². The molecule has 0 spiro atoms. The van der Waals surface area contributed by atoms with E-state index in [1.54, 1.807) is 22.7 Å². The minimum Gasteiger partial charge on any atom is -0.394 e. The van der Waals surface area contributed by atoms with Gasteiger partial charge in [0.2, 0.25) is 5.95 Å². The third kappa shape index (κ3) is 3.66. The zero-order valence-corrected chi connectivity index (χ0v) is 18.3. The van der Waals surface area contributed by atoms with Crippen molar-refractivity contribution in [2.24, 2.45) is 0 Å². The molecule has 1 saturated heterocycles. The summed E-state index contributed by atoms with van der Waals surface area (Å²) >= 11 is 3.38. The number of para-hydroxylation sites is 1. The maximum atomic E-state index is 9.93. The molecular weight excluding hydrogens is 414 g/mol. The fourth-order valence-electron chi connectivity index (χ4n) is 3.96. The number of thiophene rings is 1. The SMILES string of the molecule is Cc1nc(NCc2cccs2)nc(N2CCCC2CO)c1-c1nc2ccccc2s1. The molecular formula is C22H23N5OS2. The molecule has 4 heterocycles. The van der Waals surface area contributed by atoms with E-state index in [4.69, 9.17) is 15.0 Å². The highest BCUT2D eigenvalue weighted by Crippen LogP contribution is 2.39. The molecule has 0 radical (unpaired) electrons. The third-order valence-corrected chi connectivity index (χ3v) is 7.37. The number of aromatic nitrogens is 3. The van der Waals surface area contributed by atoms with E-state index in [1.165, 1.54) is 4.88 Å². The molecule has 1 aromatic carbocycles. The summed E-state index contributed by atoms with van der Waals surface area (Å²) in [5, 5.41) is 16.3. The van der Waals surface area contributed by atoms with E-state index in [-0.39, 0.29) is 12.6 Å². The van der Waals surface area contributed by atoms with Crippen LogP contribution in [0.4, 0.5) is 11.8 Å². The van der Waals surface area contributed by atoms with E-state index < -0.39 is 0 Å². The van der Waals surface area contributed by atoms with Crippen LogP contribution in [0, 0.1) is 6.92 Å². The minimum atomic E-state index is 0.0811. The van der Waals surface area contributed by atoms with Crippen LogP contribution in [0.15, 0.2) is 41.8 Å². The largest absolute Gasteiger partial charge is 0.394 e. The minimum absolute atomic E-state index is 0.0811. The Morgan fingerprint density at radius 2 is 2.07 bits per heavy atom. The predicted octanol–water partition coefficient (Wildman–Crippen LogP) is 4.70. The van der Waals surface area contributed by atoms with Crippen molar-refractivity contribution in [2.45, 2.75) is 32.4 Å². The number of fused-ring (bicyclic) bond motifs is 1. The monoisotopic (exact) mass is 437 g/mol. The first-order chi connectivity index (χ1) is 14.7. The Morgan fingerprint density at radius 1 is 1.17 bits per heavy atom. The van der Waals surface area contributed by atoms with Crippen LogP contribution in [-0.4, -0.2) is 39.3 Å². The quantitative estimate of drug-likeness (QED) is 0.456. The molecule has 1 aliphatic rings. The van der Waals surface area contributed by atoms with Crippen LogP contribution in [0.1, 0.15) is 23.4 Å². The molecule has 154 valence electrons. The zero-order chi connectivity index (χ0) is 20.5. The van der Waals surface area contributed by atoms with Crippen molar-refractivity contribution in [3.63, 3.8) is 0 Å². The normalized spacial score (nSPS) is 16.5. The molecule has 0 saturated carbocycles. The highest BCUT2D eigenvalue weighted by atomic mass is 32.1. The molecule has 30 heavy (non-hydrogen) atoms. The van der Waals surface area contributed by atoms with Crippen LogP contribution < -0.4 is 10.2 Å². The fraction of sp³-hybridized carbons (Fsp3) is 0.318. The van der Waals surface area contributed by atoms with Gasteiger partial charge in [-0.05, 0) is 43.3 Å². The molecule has 5 rings (SSSR count). The average Bonchev–Trinajstić information content (AvgIpc) is 3.51. The summed E-state index contributed by atoms with van der Waals surface area (Å²) in [5.74, 6) is 1.48. The molecule has 0 bridgehead atoms. The van der Waals surface area contributed by atoms with Crippen molar-refractivity contribution in [1.82, 2.24) is 15.0 Å². The van der Waals surface area contributed by atoms with Crippen LogP contribution in [0.5, 0.6) is 0 Å². The van der Waals surface area contributed by atoms with Crippen molar-refractivity contribution in [1.29, 1.82) is 0 Å². The van der Waals surface area contributed by atoms with Gasteiger partial charge in [-0.15, -0.1) is 22.7 Å². The van der Waals surface area contributed by atoms with E-state index in [2.05, 4.69) is 27.7 Å². The molecule has 1 aliphatic heterocycles. The molecule has 0 amide bonds. The summed E-state index contributed by atoms with van der Waals surface area (Å²) in [7, 11) is 0. The second kappa shape index (κ2) is 8.29. The van der Waals surface area contributed by atoms with E-state index in [9.17, 15) is 5.11 Å². The second-order valence-electron chi connectivity index (χ2n) is 7.42. The van der Waals surface area contributed by atoms with Gasteiger partial charge in [-0.2, -0.15) is 4.98 Å². The zero-order valence-electron chi connectivity index (χ0n) is 16.7. The van der Waals surface area contributed by atoms with Gasteiger partial charge in [-0.25, -0.2) is 9.97 Å². The molecule has 3 aromatic heterocycles. The van der Waals surface area contributed by atoms with Crippen molar-refractivity contribution in [3.05, 3.63) is 52.3 Å². The smallest absolute Gasteiger partial charge is 0.225 e. The standard InChI is InChI=1S/C22H23N5OS2/c1-14-19(21-25-17-8-2-3-9-18(17)30-21)20(27-10-4-6-15(27)13-28)26-22(24-14)23-12-16-7-5-11-29-16/h2-3,5,7-9,11,15,28H,4,6,10,12-13H2,1H3,(H,23,24,26). The first-order valence-corrected chi connectivity index (χ1v) is 11.8. The lowest BCUT2D eigenvalue weighted by Gasteiger charge is -2.27. The van der Waals surface area contributed by atoms with Crippen LogP contribution >= 0.6 is 22.7 Å². The second-order valence-corrected chi connectivity index (χ2v) is 9.49. The van der Waals surface area contributed by atoms with Gasteiger partial charge in [0.25, 0.3) is 0 Å². The Bertz CT molecular complexity index is 1120. The lowest BCUT2D eigenvalue weighted by molar-refractivity contribution is 0.266. The molecule has 1 fully saturated rings. The Morgan fingerprint density at radius 3 is 2.87 bits per heavy atom. The summed E-state index contributed by atoms with van der Waals surface area (Å²) in [6.45, 7) is 3.72. The number of aliphatic hydroxyl groups is 1.